The van der Waals surface area contributed by atoms with Crippen LogP contribution in [0.5, 0.6) is 5.75 Å². The molecule has 1 aliphatic rings. The average molecular weight is 530 g/mol. The molecule has 11 heteroatoms. The van der Waals surface area contributed by atoms with Crippen molar-refractivity contribution < 1.29 is 26.4 Å². The van der Waals surface area contributed by atoms with Gasteiger partial charge in [-0.05, 0) is 67.4 Å². The van der Waals surface area contributed by atoms with Gasteiger partial charge < -0.3 is 10.1 Å². The van der Waals surface area contributed by atoms with Crippen LogP contribution in [-0.2, 0) is 20.0 Å². The summed E-state index contributed by atoms with van der Waals surface area (Å²) in [7, 11) is -6.15. The average Bonchev–Trinajstić information content (AvgIpc) is 2.89. The standard InChI is InChI=1S/C25H27N3O6S2/c1-34-24-15-14-22(36(32,33)28-16-6-3-7-17-28)18-23(24)25(29)26-19-10-12-21(13-11-19)35(30,31)27-20-8-4-2-5-9-20/h2,4-5,8-15,18,27H,3,6-7,16-17H2,1H3,(H,26,29). The molecule has 0 aliphatic carbocycles. The van der Waals surface area contributed by atoms with Crippen molar-refractivity contribution in [3.8, 4) is 5.75 Å². The third kappa shape index (κ3) is 5.69. The number of benzene rings is 3. The highest BCUT2D eigenvalue weighted by Crippen LogP contribution is 2.27. The highest BCUT2D eigenvalue weighted by Gasteiger charge is 2.27. The highest BCUT2D eigenvalue weighted by molar-refractivity contribution is 7.92. The molecule has 0 unspecified atom stereocenters. The number of methoxy groups -OCH3 is 1. The second-order valence-corrected chi connectivity index (χ2v) is 11.9. The number of hydrogen-bond donors (Lipinski definition) is 2. The number of amides is 1. The van der Waals surface area contributed by atoms with Crippen LogP contribution in [0.3, 0.4) is 0 Å². The topological polar surface area (TPSA) is 122 Å². The Kier molecular flexibility index (Phi) is 7.62. The molecule has 1 fully saturated rings. The van der Waals surface area contributed by atoms with Crippen LogP contribution in [-0.4, -0.2) is 47.2 Å². The molecular weight excluding hydrogens is 502 g/mol. The molecule has 0 atom stereocenters. The Hall–Kier alpha value is -3.41. The first-order valence-electron chi connectivity index (χ1n) is 11.4. The van der Waals surface area contributed by atoms with E-state index in [2.05, 4.69) is 10.0 Å². The summed E-state index contributed by atoms with van der Waals surface area (Å²) in [6, 6.07) is 18.3. The summed E-state index contributed by atoms with van der Waals surface area (Å²) in [5, 5.41) is 2.68. The number of hydrogen-bond acceptors (Lipinski definition) is 6. The van der Waals surface area contributed by atoms with Gasteiger partial charge in [0.15, 0.2) is 0 Å². The number of carbonyl (C=O) groups is 1. The molecule has 0 saturated carbocycles. The zero-order valence-electron chi connectivity index (χ0n) is 19.7. The van der Waals surface area contributed by atoms with Crippen molar-refractivity contribution in [2.24, 2.45) is 0 Å². The lowest BCUT2D eigenvalue weighted by Crippen LogP contribution is -2.35. The minimum absolute atomic E-state index is 0.0174. The van der Waals surface area contributed by atoms with E-state index in [1.165, 1.54) is 53.9 Å². The quantitative estimate of drug-likeness (QED) is 0.456. The first kappa shape index (κ1) is 25.7. The zero-order chi connectivity index (χ0) is 25.8. The molecular formula is C25H27N3O6S2. The first-order valence-corrected chi connectivity index (χ1v) is 14.3. The lowest BCUT2D eigenvalue weighted by Gasteiger charge is -2.26. The summed E-state index contributed by atoms with van der Waals surface area (Å²) in [6.07, 6.45) is 2.59. The van der Waals surface area contributed by atoms with E-state index < -0.39 is 26.0 Å². The zero-order valence-corrected chi connectivity index (χ0v) is 21.3. The number of nitrogens with zero attached hydrogens (tertiary/aromatic N) is 1. The van der Waals surface area contributed by atoms with Crippen molar-refractivity contribution in [1.29, 1.82) is 0 Å². The summed E-state index contributed by atoms with van der Waals surface area (Å²) in [5.41, 5.74) is 0.824. The van der Waals surface area contributed by atoms with E-state index in [-0.39, 0.29) is 21.1 Å². The molecule has 190 valence electrons. The van der Waals surface area contributed by atoms with Gasteiger partial charge in [-0.25, -0.2) is 16.8 Å². The number of rotatable bonds is 8. The molecule has 4 rings (SSSR count). The van der Waals surface area contributed by atoms with Crippen LogP contribution in [0.4, 0.5) is 11.4 Å². The van der Waals surface area contributed by atoms with Crippen LogP contribution >= 0.6 is 0 Å². The first-order chi connectivity index (χ1) is 17.2. The molecule has 1 amide bonds. The monoisotopic (exact) mass is 529 g/mol. The Morgan fingerprint density at radius 2 is 1.44 bits per heavy atom. The van der Waals surface area contributed by atoms with Crippen molar-refractivity contribution >= 4 is 37.3 Å². The summed E-state index contributed by atoms with van der Waals surface area (Å²) in [6.45, 7) is 0.897. The van der Waals surface area contributed by atoms with Crippen molar-refractivity contribution in [2.75, 3.05) is 30.2 Å². The van der Waals surface area contributed by atoms with E-state index in [0.717, 1.165) is 19.3 Å². The fourth-order valence-corrected chi connectivity index (χ4v) is 6.52. The van der Waals surface area contributed by atoms with Crippen LogP contribution in [0.15, 0.2) is 82.6 Å². The Labute approximate surface area is 211 Å². The Morgan fingerprint density at radius 1 is 0.806 bits per heavy atom. The van der Waals surface area contributed by atoms with Crippen LogP contribution in [0.1, 0.15) is 29.6 Å². The summed E-state index contributed by atoms with van der Waals surface area (Å²) in [5.74, 6) is -0.364. The second kappa shape index (κ2) is 10.7. The van der Waals surface area contributed by atoms with E-state index in [4.69, 9.17) is 4.74 Å². The van der Waals surface area contributed by atoms with Gasteiger partial charge in [0.2, 0.25) is 10.0 Å². The molecule has 0 aromatic heterocycles. The van der Waals surface area contributed by atoms with E-state index in [1.807, 2.05) is 0 Å². The smallest absolute Gasteiger partial charge is 0.261 e. The summed E-state index contributed by atoms with van der Waals surface area (Å²) in [4.78, 5) is 13.1. The molecule has 0 radical (unpaired) electrons. The minimum atomic E-state index is -3.81. The minimum Gasteiger partial charge on any atom is -0.496 e. The van der Waals surface area contributed by atoms with E-state index >= 15 is 0 Å². The molecule has 1 aliphatic heterocycles. The second-order valence-electron chi connectivity index (χ2n) is 8.28. The third-order valence-electron chi connectivity index (χ3n) is 5.82. The SMILES string of the molecule is COc1ccc(S(=O)(=O)N2CCCCC2)cc1C(=O)Nc1ccc(S(=O)(=O)Nc2ccccc2)cc1. The number of sulfonamides is 2. The number of para-hydroxylation sites is 1. The van der Waals surface area contributed by atoms with Crippen LogP contribution in [0.2, 0.25) is 0 Å². The van der Waals surface area contributed by atoms with Crippen molar-refractivity contribution in [1.82, 2.24) is 4.31 Å². The fourth-order valence-electron chi connectivity index (χ4n) is 3.92. The maximum absolute atomic E-state index is 13.1. The normalized spacial score (nSPS) is 14.7. The van der Waals surface area contributed by atoms with Crippen LogP contribution in [0.25, 0.3) is 0 Å². The largest absolute Gasteiger partial charge is 0.496 e. The molecule has 0 bridgehead atoms. The number of carbonyl (C=O) groups excluding carboxylic acids is 1. The van der Waals surface area contributed by atoms with Gasteiger partial charge in [0, 0.05) is 24.5 Å². The van der Waals surface area contributed by atoms with Crippen LogP contribution < -0.4 is 14.8 Å². The van der Waals surface area contributed by atoms with Crippen LogP contribution in [0, 0.1) is 0 Å². The van der Waals surface area contributed by atoms with Gasteiger partial charge in [-0.1, -0.05) is 24.6 Å². The summed E-state index contributed by atoms with van der Waals surface area (Å²) < 4.78 is 60.6. The van der Waals surface area contributed by atoms with E-state index in [9.17, 15) is 21.6 Å². The molecule has 0 spiro atoms. The lowest BCUT2D eigenvalue weighted by molar-refractivity contribution is 0.102. The predicted octanol–water partition coefficient (Wildman–Crippen LogP) is 3.92. The van der Waals surface area contributed by atoms with Gasteiger partial charge in [0.25, 0.3) is 15.9 Å². The maximum atomic E-state index is 13.1. The van der Waals surface area contributed by atoms with Crippen molar-refractivity contribution in [2.45, 2.75) is 29.1 Å². The Balaban J connectivity index is 1.53. The van der Waals surface area contributed by atoms with Gasteiger partial charge >= 0.3 is 0 Å². The molecule has 9 nitrogen and oxygen atoms in total. The molecule has 2 N–H and O–H groups in total. The molecule has 1 heterocycles. The van der Waals surface area contributed by atoms with E-state index in [0.29, 0.717) is 24.5 Å². The Bertz CT molecular complexity index is 1430. The number of piperidine rings is 1. The molecule has 1 saturated heterocycles. The predicted molar refractivity (Wildman–Crippen MR) is 137 cm³/mol. The van der Waals surface area contributed by atoms with Gasteiger partial charge in [0.1, 0.15) is 5.75 Å². The molecule has 36 heavy (non-hydrogen) atoms. The van der Waals surface area contributed by atoms with Crippen molar-refractivity contribution in [3.63, 3.8) is 0 Å². The van der Waals surface area contributed by atoms with E-state index in [1.54, 1.807) is 30.3 Å². The Morgan fingerprint density at radius 3 is 2.08 bits per heavy atom. The number of ether oxygens (including phenoxy) is 1. The molecule has 3 aromatic rings. The fraction of sp³-hybridized carbons (Fsp3) is 0.240. The maximum Gasteiger partial charge on any atom is 0.261 e. The third-order valence-corrected chi connectivity index (χ3v) is 9.11. The summed E-state index contributed by atoms with van der Waals surface area (Å²) >= 11 is 0. The molecule has 3 aromatic carbocycles. The van der Waals surface area contributed by atoms with Crippen molar-refractivity contribution in [3.05, 3.63) is 78.4 Å². The van der Waals surface area contributed by atoms with Gasteiger partial charge in [0.05, 0.1) is 22.5 Å². The number of nitrogens with one attached hydrogen (secondary N) is 2. The lowest BCUT2D eigenvalue weighted by atomic mass is 10.2. The van der Waals surface area contributed by atoms with Gasteiger partial charge in [-0.2, -0.15) is 4.31 Å². The van der Waals surface area contributed by atoms with Gasteiger partial charge in [-0.3, -0.25) is 9.52 Å². The number of anilines is 2. The highest BCUT2D eigenvalue weighted by atomic mass is 32.2. The van der Waals surface area contributed by atoms with Gasteiger partial charge in [-0.15, -0.1) is 0 Å².